The molecule has 10 heteroatoms. The molecule has 0 aliphatic heterocycles. The van der Waals surface area contributed by atoms with Crippen molar-refractivity contribution in [1.82, 2.24) is 10.6 Å². The van der Waals surface area contributed by atoms with Gasteiger partial charge in [-0.25, -0.2) is 9.59 Å². The maximum atomic E-state index is 12.5. The molecule has 0 saturated carbocycles. The van der Waals surface area contributed by atoms with Crippen LogP contribution in [0.3, 0.4) is 0 Å². The van der Waals surface area contributed by atoms with Gasteiger partial charge in [0.1, 0.15) is 18.7 Å². The number of ether oxygens (including phenoxy) is 1. The molecular weight excluding hydrogens is 472 g/mol. The van der Waals surface area contributed by atoms with E-state index in [1.54, 1.807) is 54.6 Å². The van der Waals surface area contributed by atoms with Crippen molar-refractivity contribution in [2.24, 2.45) is 0 Å². The number of alkyl carbamates (subject to hydrolysis) is 1. The minimum absolute atomic E-state index is 0.00425. The number of aliphatic carboxylic acids is 2. The number of carboxylic acids is 2. The van der Waals surface area contributed by atoms with Crippen molar-refractivity contribution in [2.45, 2.75) is 31.5 Å². The molecule has 2 atom stereocenters. The predicted octanol–water partition coefficient (Wildman–Crippen LogP) is 2.33. The third-order valence-corrected chi connectivity index (χ3v) is 4.70. The van der Waals surface area contributed by atoms with Gasteiger partial charge in [0.25, 0.3) is 0 Å². The van der Waals surface area contributed by atoms with Crippen molar-refractivity contribution >= 4 is 39.9 Å². The lowest BCUT2D eigenvalue weighted by atomic mass is 10.1. The lowest BCUT2D eigenvalue weighted by Gasteiger charge is -2.20. The second kappa shape index (κ2) is 11.7. The summed E-state index contributed by atoms with van der Waals surface area (Å²) in [6, 6.07) is 12.8. The van der Waals surface area contributed by atoms with E-state index in [2.05, 4.69) is 26.6 Å². The zero-order valence-corrected chi connectivity index (χ0v) is 17.9. The van der Waals surface area contributed by atoms with Gasteiger partial charge in [-0.3, -0.25) is 9.59 Å². The number of hydrogen-bond acceptors (Lipinski definition) is 5. The van der Waals surface area contributed by atoms with Crippen LogP contribution >= 0.6 is 15.9 Å². The Kier molecular flexibility index (Phi) is 9.01. The van der Waals surface area contributed by atoms with Crippen LogP contribution in [0.25, 0.3) is 0 Å². The van der Waals surface area contributed by atoms with Gasteiger partial charge in [-0.2, -0.15) is 0 Å². The molecule has 4 N–H and O–H groups in total. The standard InChI is InChI=1S/C21H21BrN2O7/c22-15-8-6-14(7-9-15)12-31-21(30)24-16(11-18(25)26)19(27)23-17(20(28)29)10-13-4-2-1-3-5-13/h1-9,16-17H,10-12H2,(H,23,27)(H,24,30)(H,25,26)(H,28,29)/t16-,17-/m0/s1. The van der Waals surface area contributed by atoms with Crippen molar-refractivity contribution in [3.8, 4) is 0 Å². The van der Waals surface area contributed by atoms with Gasteiger partial charge in [0.15, 0.2) is 0 Å². The highest BCUT2D eigenvalue weighted by Crippen LogP contribution is 2.11. The minimum atomic E-state index is -1.51. The van der Waals surface area contributed by atoms with E-state index in [1.165, 1.54) is 0 Å². The van der Waals surface area contributed by atoms with E-state index in [9.17, 15) is 24.3 Å². The lowest BCUT2D eigenvalue weighted by molar-refractivity contribution is -0.142. The lowest BCUT2D eigenvalue weighted by Crippen LogP contribution is -2.53. The SMILES string of the molecule is O=C(O)C[C@H](NC(=O)OCc1ccc(Br)cc1)C(=O)N[C@@H](Cc1ccccc1)C(=O)O. The molecule has 164 valence electrons. The average molecular weight is 493 g/mol. The fraction of sp³-hybridized carbons (Fsp3) is 0.238. The van der Waals surface area contributed by atoms with Crippen LogP contribution in [0.2, 0.25) is 0 Å². The highest BCUT2D eigenvalue weighted by molar-refractivity contribution is 9.10. The summed E-state index contributed by atoms with van der Waals surface area (Å²) >= 11 is 3.29. The highest BCUT2D eigenvalue weighted by Gasteiger charge is 2.29. The first-order valence-electron chi connectivity index (χ1n) is 9.21. The van der Waals surface area contributed by atoms with Gasteiger partial charge in [-0.15, -0.1) is 0 Å². The summed E-state index contributed by atoms with van der Waals surface area (Å²) in [5.41, 5.74) is 1.36. The molecule has 31 heavy (non-hydrogen) atoms. The molecule has 0 heterocycles. The van der Waals surface area contributed by atoms with Gasteiger partial charge < -0.3 is 25.6 Å². The van der Waals surface area contributed by atoms with Gasteiger partial charge in [0.2, 0.25) is 5.91 Å². The normalized spacial score (nSPS) is 12.3. The van der Waals surface area contributed by atoms with Crippen LogP contribution < -0.4 is 10.6 Å². The second-order valence-corrected chi connectivity index (χ2v) is 7.50. The third kappa shape index (κ3) is 8.47. The van der Waals surface area contributed by atoms with Crippen LogP contribution in [0.1, 0.15) is 17.5 Å². The molecule has 0 unspecified atom stereocenters. The Morgan fingerprint density at radius 3 is 2.10 bits per heavy atom. The van der Waals surface area contributed by atoms with Gasteiger partial charge in [0.05, 0.1) is 6.42 Å². The van der Waals surface area contributed by atoms with Gasteiger partial charge in [-0.05, 0) is 23.3 Å². The van der Waals surface area contributed by atoms with Crippen LogP contribution in [-0.4, -0.2) is 46.2 Å². The molecule has 0 saturated heterocycles. The molecule has 2 rings (SSSR count). The van der Waals surface area contributed by atoms with Crippen LogP contribution in [0.4, 0.5) is 4.79 Å². The molecular formula is C21H21BrN2O7. The smallest absolute Gasteiger partial charge is 0.408 e. The molecule has 0 spiro atoms. The Morgan fingerprint density at radius 1 is 0.871 bits per heavy atom. The highest BCUT2D eigenvalue weighted by atomic mass is 79.9. The molecule has 2 aromatic carbocycles. The van der Waals surface area contributed by atoms with E-state index < -0.39 is 42.4 Å². The third-order valence-electron chi connectivity index (χ3n) is 4.17. The van der Waals surface area contributed by atoms with E-state index in [4.69, 9.17) is 9.84 Å². The molecule has 2 amide bonds. The first-order chi connectivity index (χ1) is 14.7. The summed E-state index contributed by atoms with van der Waals surface area (Å²) in [7, 11) is 0. The largest absolute Gasteiger partial charge is 0.481 e. The topological polar surface area (TPSA) is 142 Å². The van der Waals surface area contributed by atoms with Gasteiger partial charge in [0, 0.05) is 10.9 Å². The maximum absolute atomic E-state index is 12.5. The molecule has 0 aliphatic carbocycles. The number of carbonyl (C=O) groups excluding carboxylic acids is 2. The van der Waals surface area contributed by atoms with Crippen molar-refractivity contribution < 1.29 is 34.1 Å². The molecule has 0 fully saturated rings. The summed E-state index contributed by atoms with van der Waals surface area (Å²) in [5.74, 6) is -3.57. The second-order valence-electron chi connectivity index (χ2n) is 6.59. The van der Waals surface area contributed by atoms with Crippen molar-refractivity contribution in [1.29, 1.82) is 0 Å². The van der Waals surface area contributed by atoms with Crippen LogP contribution in [0.5, 0.6) is 0 Å². The number of nitrogens with one attached hydrogen (secondary N) is 2. The monoisotopic (exact) mass is 492 g/mol. The molecule has 0 radical (unpaired) electrons. The van der Waals surface area contributed by atoms with Crippen molar-refractivity contribution in [3.05, 3.63) is 70.2 Å². The number of carbonyl (C=O) groups is 4. The zero-order valence-electron chi connectivity index (χ0n) is 16.3. The molecule has 0 bridgehead atoms. The van der Waals surface area contributed by atoms with Gasteiger partial charge in [-0.1, -0.05) is 58.4 Å². The number of halogens is 1. The molecule has 0 aliphatic rings. The quantitative estimate of drug-likeness (QED) is 0.398. The van der Waals surface area contributed by atoms with Crippen molar-refractivity contribution in [2.75, 3.05) is 0 Å². The average Bonchev–Trinajstić information content (AvgIpc) is 2.72. The number of carboxylic acid groups (broad SMARTS) is 2. The molecule has 2 aromatic rings. The Labute approximate surface area is 186 Å². The Hall–Kier alpha value is -3.40. The Morgan fingerprint density at radius 2 is 1.52 bits per heavy atom. The maximum Gasteiger partial charge on any atom is 0.408 e. The summed E-state index contributed by atoms with van der Waals surface area (Å²) < 4.78 is 5.87. The summed E-state index contributed by atoms with van der Waals surface area (Å²) in [4.78, 5) is 47.2. The fourth-order valence-electron chi connectivity index (χ4n) is 2.62. The molecule has 0 aromatic heterocycles. The predicted molar refractivity (Wildman–Crippen MR) is 113 cm³/mol. The number of benzene rings is 2. The number of hydrogen-bond donors (Lipinski definition) is 4. The molecule has 9 nitrogen and oxygen atoms in total. The Bertz CT molecular complexity index is 919. The number of amides is 2. The van der Waals surface area contributed by atoms with Crippen LogP contribution in [-0.2, 0) is 32.1 Å². The zero-order chi connectivity index (χ0) is 22.8. The summed E-state index contributed by atoms with van der Waals surface area (Å²) in [6.07, 6.45) is -1.74. The summed E-state index contributed by atoms with van der Waals surface area (Å²) in [6.45, 7) is -0.0910. The van der Waals surface area contributed by atoms with Crippen molar-refractivity contribution in [3.63, 3.8) is 0 Å². The first kappa shape index (κ1) is 23.9. The van der Waals surface area contributed by atoms with Crippen LogP contribution in [0, 0.1) is 0 Å². The van der Waals surface area contributed by atoms with E-state index in [0.29, 0.717) is 11.1 Å². The van der Waals surface area contributed by atoms with E-state index >= 15 is 0 Å². The van der Waals surface area contributed by atoms with Gasteiger partial charge >= 0.3 is 18.0 Å². The van der Waals surface area contributed by atoms with E-state index in [0.717, 1.165) is 4.47 Å². The first-order valence-corrected chi connectivity index (χ1v) is 10.0. The van der Waals surface area contributed by atoms with E-state index in [-0.39, 0.29) is 13.0 Å². The summed E-state index contributed by atoms with van der Waals surface area (Å²) in [5, 5.41) is 22.9. The number of rotatable bonds is 10. The Balaban J connectivity index is 1.99. The fourth-order valence-corrected chi connectivity index (χ4v) is 2.88. The minimum Gasteiger partial charge on any atom is -0.481 e. The van der Waals surface area contributed by atoms with Crippen LogP contribution in [0.15, 0.2) is 59.1 Å². The van der Waals surface area contributed by atoms with E-state index in [1.807, 2.05) is 0 Å².